The van der Waals surface area contributed by atoms with E-state index in [2.05, 4.69) is 4.90 Å². The number of nitrogens with zero attached hydrogens (tertiary/aromatic N) is 3. The van der Waals surface area contributed by atoms with E-state index in [4.69, 9.17) is 4.74 Å². The molecule has 3 rings (SSSR count). The fourth-order valence-corrected chi connectivity index (χ4v) is 4.71. The number of likely N-dealkylation sites (tertiary alicyclic amines) is 1. The third kappa shape index (κ3) is 5.41. The van der Waals surface area contributed by atoms with Crippen LogP contribution in [-0.4, -0.2) is 83.9 Å². The van der Waals surface area contributed by atoms with Gasteiger partial charge in [0.1, 0.15) is 5.75 Å². The first-order valence-electron chi connectivity index (χ1n) is 10.1. The molecule has 2 fully saturated rings. The fourth-order valence-electron chi connectivity index (χ4n) is 3.80. The van der Waals surface area contributed by atoms with Gasteiger partial charge in [-0.25, -0.2) is 0 Å². The Balaban J connectivity index is 1.52. The lowest BCUT2D eigenvalue weighted by Gasteiger charge is -2.32. The lowest BCUT2D eigenvalue weighted by Crippen LogP contribution is -2.50. The van der Waals surface area contributed by atoms with Gasteiger partial charge in [-0.1, -0.05) is 12.1 Å². The summed E-state index contributed by atoms with van der Waals surface area (Å²) in [6.07, 6.45) is 1.84. The highest BCUT2D eigenvalue weighted by Crippen LogP contribution is 2.21. The van der Waals surface area contributed by atoms with Gasteiger partial charge in [0.15, 0.2) is 0 Å². The van der Waals surface area contributed by atoms with Crippen molar-refractivity contribution in [2.75, 3.05) is 51.3 Å². The van der Waals surface area contributed by atoms with E-state index < -0.39 is 0 Å². The molecule has 0 saturated carbocycles. The third-order valence-electron chi connectivity index (χ3n) is 5.39. The number of rotatable bonds is 7. The van der Waals surface area contributed by atoms with Gasteiger partial charge in [-0.2, -0.15) is 11.8 Å². The molecule has 2 saturated heterocycles. The number of carbonyl (C=O) groups is 2. The quantitative estimate of drug-likeness (QED) is 0.695. The van der Waals surface area contributed by atoms with Crippen LogP contribution in [0.1, 0.15) is 25.3 Å². The molecule has 2 aliphatic heterocycles. The Labute approximate surface area is 172 Å². The van der Waals surface area contributed by atoms with Gasteiger partial charge in [0.25, 0.3) is 0 Å². The van der Waals surface area contributed by atoms with E-state index >= 15 is 0 Å². The molecule has 28 heavy (non-hydrogen) atoms. The van der Waals surface area contributed by atoms with Crippen LogP contribution in [-0.2, 0) is 16.1 Å². The normalized spacial score (nSPS) is 20.2. The zero-order chi connectivity index (χ0) is 19.9. The molecule has 2 aliphatic rings. The van der Waals surface area contributed by atoms with Crippen LogP contribution in [0.25, 0.3) is 0 Å². The number of hydrogen-bond donors (Lipinski definition) is 0. The Morgan fingerprint density at radius 3 is 2.57 bits per heavy atom. The first-order chi connectivity index (χ1) is 13.6. The van der Waals surface area contributed by atoms with Crippen LogP contribution >= 0.6 is 11.8 Å². The zero-order valence-corrected chi connectivity index (χ0v) is 17.7. The minimum absolute atomic E-state index is 0.0581. The van der Waals surface area contributed by atoms with Gasteiger partial charge in [-0.05, 0) is 44.0 Å². The van der Waals surface area contributed by atoms with Crippen LogP contribution < -0.4 is 4.74 Å². The summed E-state index contributed by atoms with van der Waals surface area (Å²) in [6.45, 7) is 5.96. The Morgan fingerprint density at radius 2 is 1.89 bits per heavy atom. The topological polar surface area (TPSA) is 53.1 Å². The third-order valence-corrected chi connectivity index (χ3v) is 6.33. The van der Waals surface area contributed by atoms with Crippen molar-refractivity contribution in [2.24, 2.45) is 0 Å². The number of amides is 2. The SMILES string of the molecule is CCOc1ccc(CN(C)C(=O)CN2CCCC2C(=O)N2CCSCC2)cc1. The number of carbonyl (C=O) groups excluding carboxylic acids is 2. The van der Waals surface area contributed by atoms with Crippen molar-refractivity contribution in [2.45, 2.75) is 32.4 Å². The highest BCUT2D eigenvalue weighted by atomic mass is 32.2. The van der Waals surface area contributed by atoms with E-state index in [1.807, 2.05) is 54.9 Å². The summed E-state index contributed by atoms with van der Waals surface area (Å²) in [6, 6.07) is 7.72. The van der Waals surface area contributed by atoms with Crippen molar-refractivity contribution < 1.29 is 14.3 Å². The molecule has 1 aromatic carbocycles. The first-order valence-corrected chi connectivity index (χ1v) is 11.3. The summed E-state index contributed by atoms with van der Waals surface area (Å²) < 4.78 is 5.46. The van der Waals surface area contributed by atoms with Crippen LogP contribution in [0.3, 0.4) is 0 Å². The van der Waals surface area contributed by atoms with Crippen molar-refractivity contribution in [1.29, 1.82) is 0 Å². The highest BCUT2D eigenvalue weighted by Gasteiger charge is 2.35. The maximum atomic E-state index is 12.9. The van der Waals surface area contributed by atoms with Gasteiger partial charge in [-0.3, -0.25) is 14.5 Å². The standard InChI is InChI=1S/C21H31N3O3S/c1-3-27-18-8-6-17(7-9-18)15-22(2)20(25)16-24-10-4-5-19(24)21(26)23-11-13-28-14-12-23/h6-9,19H,3-5,10-16H2,1-2H3. The van der Waals surface area contributed by atoms with Crippen LogP contribution in [0.4, 0.5) is 0 Å². The molecule has 0 spiro atoms. The molecule has 2 heterocycles. The smallest absolute Gasteiger partial charge is 0.239 e. The van der Waals surface area contributed by atoms with Crippen molar-refractivity contribution >= 4 is 23.6 Å². The molecule has 0 bridgehead atoms. The molecule has 1 unspecified atom stereocenters. The van der Waals surface area contributed by atoms with Gasteiger partial charge >= 0.3 is 0 Å². The van der Waals surface area contributed by atoms with Gasteiger partial charge < -0.3 is 14.5 Å². The molecule has 0 N–H and O–H groups in total. The number of ether oxygens (including phenoxy) is 1. The van der Waals surface area contributed by atoms with Crippen molar-refractivity contribution in [3.8, 4) is 5.75 Å². The maximum Gasteiger partial charge on any atom is 0.239 e. The molecule has 2 amide bonds. The predicted octanol–water partition coefficient (Wildman–Crippen LogP) is 2.08. The van der Waals surface area contributed by atoms with E-state index in [0.717, 1.165) is 55.3 Å². The molecule has 6 nitrogen and oxygen atoms in total. The van der Waals surface area contributed by atoms with Crippen LogP contribution in [0.2, 0.25) is 0 Å². The summed E-state index contributed by atoms with van der Waals surface area (Å²) in [7, 11) is 1.83. The molecule has 7 heteroatoms. The van der Waals surface area contributed by atoms with Gasteiger partial charge in [0.2, 0.25) is 11.8 Å². The van der Waals surface area contributed by atoms with E-state index in [0.29, 0.717) is 19.7 Å². The number of benzene rings is 1. The largest absolute Gasteiger partial charge is 0.494 e. The minimum Gasteiger partial charge on any atom is -0.494 e. The average molecular weight is 406 g/mol. The second kappa shape index (κ2) is 10.2. The molecule has 1 aromatic rings. The Kier molecular flexibility index (Phi) is 7.62. The van der Waals surface area contributed by atoms with Gasteiger partial charge in [0, 0.05) is 38.2 Å². The molecule has 0 aromatic heterocycles. The van der Waals surface area contributed by atoms with E-state index in [9.17, 15) is 9.59 Å². The second-order valence-electron chi connectivity index (χ2n) is 7.39. The van der Waals surface area contributed by atoms with Crippen molar-refractivity contribution in [3.63, 3.8) is 0 Å². The number of hydrogen-bond acceptors (Lipinski definition) is 5. The van der Waals surface area contributed by atoms with Crippen LogP contribution in [0, 0.1) is 0 Å². The zero-order valence-electron chi connectivity index (χ0n) is 16.9. The van der Waals surface area contributed by atoms with Crippen molar-refractivity contribution in [3.05, 3.63) is 29.8 Å². The Hall–Kier alpha value is -1.73. The lowest BCUT2D eigenvalue weighted by atomic mass is 10.2. The van der Waals surface area contributed by atoms with Gasteiger partial charge in [0.05, 0.1) is 19.2 Å². The van der Waals surface area contributed by atoms with E-state index in [-0.39, 0.29) is 17.9 Å². The maximum absolute atomic E-state index is 12.9. The molecule has 0 aliphatic carbocycles. The molecule has 1 atom stereocenters. The van der Waals surface area contributed by atoms with Crippen LogP contribution in [0.15, 0.2) is 24.3 Å². The van der Waals surface area contributed by atoms with E-state index in [1.165, 1.54) is 0 Å². The van der Waals surface area contributed by atoms with Gasteiger partial charge in [-0.15, -0.1) is 0 Å². The monoisotopic (exact) mass is 405 g/mol. The predicted molar refractivity (Wildman–Crippen MR) is 113 cm³/mol. The number of likely N-dealkylation sites (N-methyl/N-ethyl adjacent to an activating group) is 1. The summed E-state index contributed by atoms with van der Waals surface area (Å²) in [5.74, 6) is 3.14. The number of thioether (sulfide) groups is 1. The summed E-state index contributed by atoms with van der Waals surface area (Å²) in [5.41, 5.74) is 1.07. The Morgan fingerprint density at radius 1 is 1.18 bits per heavy atom. The summed E-state index contributed by atoms with van der Waals surface area (Å²) in [4.78, 5) is 31.4. The summed E-state index contributed by atoms with van der Waals surface area (Å²) in [5, 5.41) is 0. The van der Waals surface area contributed by atoms with Crippen molar-refractivity contribution in [1.82, 2.24) is 14.7 Å². The fraction of sp³-hybridized carbons (Fsp3) is 0.619. The van der Waals surface area contributed by atoms with E-state index in [1.54, 1.807) is 4.90 Å². The summed E-state index contributed by atoms with van der Waals surface area (Å²) >= 11 is 1.90. The average Bonchev–Trinajstić information content (AvgIpc) is 3.17. The van der Waals surface area contributed by atoms with Crippen LogP contribution in [0.5, 0.6) is 5.75 Å². The molecule has 154 valence electrons. The molecule has 0 radical (unpaired) electrons. The molecular weight excluding hydrogens is 374 g/mol. The second-order valence-corrected chi connectivity index (χ2v) is 8.62. The highest BCUT2D eigenvalue weighted by molar-refractivity contribution is 7.99. The first kappa shape index (κ1) is 21.0. The Bertz CT molecular complexity index is 661. The minimum atomic E-state index is -0.133. The molecular formula is C21H31N3O3S. The lowest BCUT2D eigenvalue weighted by molar-refractivity contribution is -0.138.